The van der Waals surface area contributed by atoms with Crippen LogP contribution in [0, 0.1) is 6.92 Å². The summed E-state index contributed by atoms with van der Waals surface area (Å²) < 4.78 is 0. The largest absolute Gasteiger partial charge is 0.361 e. The van der Waals surface area contributed by atoms with Gasteiger partial charge in [-0.1, -0.05) is 25.5 Å². The van der Waals surface area contributed by atoms with E-state index in [0.29, 0.717) is 0 Å². The van der Waals surface area contributed by atoms with Crippen molar-refractivity contribution in [2.24, 2.45) is 4.99 Å². The number of aliphatic imine (C=N–C) groups is 1. The molecule has 0 fully saturated rings. The predicted octanol–water partition coefficient (Wildman–Crippen LogP) is 3.33. The van der Waals surface area contributed by atoms with E-state index in [4.69, 9.17) is 0 Å². The summed E-state index contributed by atoms with van der Waals surface area (Å²) in [4.78, 5) is 9.92. The van der Waals surface area contributed by atoms with Gasteiger partial charge < -0.3 is 15.2 Å². The van der Waals surface area contributed by atoms with Crippen molar-refractivity contribution in [3.05, 3.63) is 35.5 Å². The van der Waals surface area contributed by atoms with Gasteiger partial charge in [0.25, 0.3) is 0 Å². The summed E-state index contributed by atoms with van der Waals surface area (Å²) in [5, 5.41) is 4.78. The van der Waals surface area contributed by atoms with Crippen molar-refractivity contribution in [1.29, 1.82) is 0 Å². The molecule has 0 amide bonds. The average Bonchev–Trinajstić information content (AvgIpc) is 2.91. The van der Waals surface area contributed by atoms with Crippen molar-refractivity contribution in [3.63, 3.8) is 0 Å². The van der Waals surface area contributed by atoms with Crippen LogP contribution in [0.3, 0.4) is 0 Å². The lowest BCUT2D eigenvalue weighted by Gasteiger charge is -2.21. The number of nitrogens with zero attached hydrogens (tertiary/aromatic N) is 2. The van der Waals surface area contributed by atoms with Crippen LogP contribution in [-0.2, 0) is 6.42 Å². The molecule has 0 radical (unpaired) electrons. The highest BCUT2D eigenvalue weighted by molar-refractivity contribution is 5.84. The maximum absolute atomic E-state index is 4.36. The summed E-state index contributed by atoms with van der Waals surface area (Å²) in [5.41, 5.74) is 3.87. The Hall–Kier alpha value is -1.97. The quantitative estimate of drug-likeness (QED) is 0.635. The molecule has 0 spiro atoms. The van der Waals surface area contributed by atoms with Gasteiger partial charge in [0.2, 0.25) is 0 Å². The van der Waals surface area contributed by atoms with Crippen molar-refractivity contribution in [3.8, 4) is 0 Å². The summed E-state index contributed by atoms with van der Waals surface area (Å²) in [6, 6.07) is 6.58. The van der Waals surface area contributed by atoms with Crippen LogP contribution in [0.2, 0.25) is 0 Å². The standard InChI is InChI=1S/C18H28N4/c1-5-6-11-22(4)18(19-3)20-10-9-15-13-21-17-12-14(2)7-8-16(15)17/h7-8,12-13,21H,5-6,9-11H2,1-4H3,(H,19,20). The topological polar surface area (TPSA) is 43.4 Å². The van der Waals surface area contributed by atoms with Gasteiger partial charge in [-0.25, -0.2) is 0 Å². The molecule has 2 rings (SSSR count). The Morgan fingerprint density at radius 3 is 2.91 bits per heavy atom. The van der Waals surface area contributed by atoms with Gasteiger partial charge in [-0.15, -0.1) is 0 Å². The van der Waals surface area contributed by atoms with Gasteiger partial charge in [-0.3, -0.25) is 4.99 Å². The zero-order valence-corrected chi connectivity index (χ0v) is 14.2. The highest BCUT2D eigenvalue weighted by Gasteiger charge is 2.06. The maximum atomic E-state index is 4.36. The molecule has 0 aliphatic heterocycles. The second-order valence-electron chi connectivity index (χ2n) is 5.86. The number of hydrogen-bond donors (Lipinski definition) is 2. The zero-order valence-electron chi connectivity index (χ0n) is 14.2. The number of guanidine groups is 1. The van der Waals surface area contributed by atoms with Crippen LogP contribution < -0.4 is 5.32 Å². The lowest BCUT2D eigenvalue weighted by Crippen LogP contribution is -2.40. The molecule has 1 aromatic carbocycles. The van der Waals surface area contributed by atoms with Crippen LogP contribution in [0.4, 0.5) is 0 Å². The van der Waals surface area contributed by atoms with E-state index in [1.165, 1.54) is 34.9 Å². The van der Waals surface area contributed by atoms with Gasteiger partial charge in [0.05, 0.1) is 0 Å². The molecule has 4 heteroatoms. The Balaban J connectivity index is 1.91. The molecule has 0 bridgehead atoms. The van der Waals surface area contributed by atoms with E-state index in [9.17, 15) is 0 Å². The SMILES string of the molecule is CCCCN(C)C(=NC)NCCc1c[nH]c2cc(C)ccc12. The first kappa shape index (κ1) is 16.4. The van der Waals surface area contributed by atoms with Crippen LogP contribution in [-0.4, -0.2) is 43.0 Å². The number of rotatable bonds is 6. The third-order valence-electron chi connectivity index (χ3n) is 4.02. The molecular weight excluding hydrogens is 272 g/mol. The minimum Gasteiger partial charge on any atom is -0.361 e. The number of aryl methyl sites for hydroxylation is 1. The number of nitrogens with one attached hydrogen (secondary N) is 2. The fraction of sp³-hybridized carbons (Fsp3) is 0.500. The average molecular weight is 300 g/mol. The minimum atomic E-state index is 0.893. The van der Waals surface area contributed by atoms with Gasteiger partial charge in [0.1, 0.15) is 0 Å². The Bertz CT molecular complexity index is 627. The first-order valence-corrected chi connectivity index (χ1v) is 8.14. The molecule has 0 aliphatic rings. The monoisotopic (exact) mass is 300 g/mol. The molecule has 2 aromatic rings. The summed E-state index contributed by atoms with van der Waals surface area (Å²) in [7, 11) is 3.94. The molecule has 0 unspecified atom stereocenters. The van der Waals surface area contributed by atoms with Crippen molar-refractivity contribution < 1.29 is 0 Å². The van der Waals surface area contributed by atoms with E-state index in [2.05, 4.69) is 65.5 Å². The van der Waals surface area contributed by atoms with E-state index in [1.807, 2.05) is 7.05 Å². The van der Waals surface area contributed by atoms with Crippen molar-refractivity contribution in [1.82, 2.24) is 15.2 Å². The fourth-order valence-corrected chi connectivity index (χ4v) is 2.70. The second kappa shape index (κ2) is 7.87. The third-order valence-corrected chi connectivity index (χ3v) is 4.02. The molecule has 0 atom stereocenters. The van der Waals surface area contributed by atoms with Crippen molar-refractivity contribution in [2.45, 2.75) is 33.1 Å². The highest BCUT2D eigenvalue weighted by atomic mass is 15.3. The van der Waals surface area contributed by atoms with Gasteiger partial charge >= 0.3 is 0 Å². The first-order valence-electron chi connectivity index (χ1n) is 8.14. The van der Waals surface area contributed by atoms with Gasteiger partial charge in [0, 0.05) is 44.3 Å². The molecule has 1 aromatic heterocycles. The summed E-state index contributed by atoms with van der Waals surface area (Å²) >= 11 is 0. The van der Waals surface area contributed by atoms with Crippen LogP contribution in [0.1, 0.15) is 30.9 Å². The highest BCUT2D eigenvalue weighted by Crippen LogP contribution is 2.19. The first-order chi connectivity index (χ1) is 10.7. The lowest BCUT2D eigenvalue weighted by atomic mass is 10.1. The Morgan fingerprint density at radius 1 is 1.36 bits per heavy atom. The third kappa shape index (κ3) is 4.03. The number of hydrogen-bond acceptors (Lipinski definition) is 1. The summed E-state index contributed by atoms with van der Waals surface area (Å²) in [6.45, 7) is 6.27. The Morgan fingerprint density at radius 2 is 2.18 bits per heavy atom. The number of H-pyrrole nitrogens is 1. The predicted molar refractivity (Wildman–Crippen MR) is 95.6 cm³/mol. The molecule has 2 N–H and O–H groups in total. The fourth-order valence-electron chi connectivity index (χ4n) is 2.70. The molecule has 0 saturated heterocycles. The number of aromatic amines is 1. The Labute approximate surface area is 133 Å². The maximum Gasteiger partial charge on any atom is 0.193 e. The van der Waals surface area contributed by atoms with Crippen LogP contribution in [0.15, 0.2) is 29.4 Å². The van der Waals surface area contributed by atoms with Crippen molar-refractivity contribution in [2.75, 3.05) is 27.2 Å². The van der Waals surface area contributed by atoms with Gasteiger partial charge in [0.15, 0.2) is 5.96 Å². The zero-order chi connectivity index (χ0) is 15.9. The minimum absolute atomic E-state index is 0.893. The number of aromatic nitrogens is 1. The number of fused-ring (bicyclic) bond motifs is 1. The molecule has 4 nitrogen and oxygen atoms in total. The van der Waals surface area contributed by atoms with E-state index < -0.39 is 0 Å². The van der Waals surface area contributed by atoms with Crippen LogP contribution in [0.5, 0.6) is 0 Å². The molecule has 1 heterocycles. The Kier molecular flexibility index (Phi) is 5.87. The van der Waals surface area contributed by atoms with Crippen molar-refractivity contribution >= 4 is 16.9 Å². The number of benzene rings is 1. The second-order valence-corrected chi connectivity index (χ2v) is 5.86. The van der Waals surface area contributed by atoms with Gasteiger partial charge in [-0.05, 0) is 37.0 Å². The van der Waals surface area contributed by atoms with E-state index in [1.54, 1.807) is 0 Å². The van der Waals surface area contributed by atoms with E-state index >= 15 is 0 Å². The lowest BCUT2D eigenvalue weighted by molar-refractivity contribution is 0.465. The smallest absolute Gasteiger partial charge is 0.193 e. The molecule has 0 saturated carbocycles. The van der Waals surface area contributed by atoms with Gasteiger partial charge in [-0.2, -0.15) is 0 Å². The molecule has 0 aliphatic carbocycles. The molecule has 120 valence electrons. The number of unbranched alkanes of at least 4 members (excludes halogenated alkanes) is 1. The van der Waals surface area contributed by atoms with Crippen LogP contribution >= 0.6 is 0 Å². The van der Waals surface area contributed by atoms with E-state index in [0.717, 1.165) is 25.5 Å². The molecular formula is C18H28N4. The van der Waals surface area contributed by atoms with Crippen LogP contribution in [0.25, 0.3) is 10.9 Å². The normalized spacial score (nSPS) is 11.9. The van der Waals surface area contributed by atoms with E-state index in [-0.39, 0.29) is 0 Å². The summed E-state index contributed by atoms with van der Waals surface area (Å²) in [6.07, 6.45) is 5.51. The molecule has 22 heavy (non-hydrogen) atoms. The summed E-state index contributed by atoms with van der Waals surface area (Å²) in [5.74, 6) is 0.976.